The van der Waals surface area contributed by atoms with Gasteiger partial charge in [0.05, 0.1) is 33.8 Å². The number of carbonyl (C=O) groups is 2. The second kappa shape index (κ2) is 58.2. The van der Waals surface area contributed by atoms with E-state index >= 15 is 0 Å². The minimum atomic E-state index is -4.70. The first kappa shape index (κ1) is 76.0. The van der Waals surface area contributed by atoms with Gasteiger partial charge in [-0.05, 0) is 70.3 Å². The normalized spacial score (nSPS) is 13.9. The molecule has 458 valence electrons. The number of esters is 1. The van der Waals surface area contributed by atoms with Gasteiger partial charge in [0.15, 0.2) is 0 Å². The molecule has 0 heterocycles. The summed E-state index contributed by atoms with van der Waals surface area (Å²) in [6, 6.07) is -0.887. The molecular formula is C68H129N2O7P. The lowest BCUT2D eigenvalue weighted by molar-refractivity contribution is -0.870. The van der Waals surface area contributed by atoms with Crippen LogP contribution in [0.1, 0.15) is 323 Å². The van der Waals surface area contributed by atoms with E-state index in [1.54, 1.807) is 0 Å². The molecule has 0 saturated heterocycles. The fourth-order valence-corrected chi connectivity index (χ4v) is 10.5. The molecule has 0 spiro atoms. The van der Waals surface area contributed by atoms with Crippen LogP contribution in [-0.4, -0.2) is 69.4 Å². The van der Waals surface area contributed by atoms with Gasteiger partial charge >= 0.3 is 5.97 Å². The zero-order valence-electron chi connectivity index (χ0n) is 52.4. The summed E-state index contributed by atoms with van der Waals surface area (Å²) in [4.78, 5) is 40.1. The maximum absolute atomic E-state index is 13.6. The smallest absolute Gasteiger partial charge is 0.306 e. The summed E-state index contributed by atoms with van der Waals surface area (Å²) >= 11 is 0. The summed E-state index contributed by atoms with van der Waals surface area (Å²) in [7, 11) is 1.19. The molecular weight excluding hydrogens is 988 g/mol. The Hall–Kier alpha value is -2.03. The monoisotopic (exact) mass is 1120 g/mol. The van der Waals surface area contributed by atoms with Crippen molar-refractivity contribution in [2.24, 2.45) is 0 Å². The van der Waals surface area contributed by atoms with Gasteiger partial charge in [-0.15, -0.1) is 0 Å². The summed E-state index contributed by atoms with van der Waals surface area (Å²) in [6.07, 6.45) is 72.2. The number of amides is 1. The number of hydrogen-bond acceptors (Lipinski definition) is 7. The summed E-state index contributed by atoms with van der Waals surface area (Å²) in [5, 5.41) is 3.04. The Morgan fingerprint density at radius 3 is 1.19 bits per heavy atom. The maximum atomic E-state index is 13.6. The maximum Gasteiger partial charge on any atom is 0.306 e. The highest BCUT2D eigenvalue weighted by molar-refractivity contribution is 7.45. The molecule has 0 rings (SSSR count). The first-order valence-corrected chi connectivity index (χ1v) is 34.9. The van der Waals surface area contributed by atoms with Crippen LogP contribution >= 0.6 is 7.82 Å². The molecule has 0 aliphatic rings. The SMILES string of the molecule is CCCCC/C=C\C/C=C\C/C=C\CCCCCCCCCCCCC(=O)OC(/C=C/CCCCCCCCCCCC)C(COP(=O)([O-])OCC[N+](C)(C)C)NC(=O)CCCCCCCCCCCCCCCCCCC. The van der Waals surface area contributed by atoms with Crippen LogP contribution in [0.5, 0.6) is 0 Å². The zero-order chi connectivity index (χ0) is 57.2. The molecule has 0 radical (unpaired) electrons. The lowest BCUT2D eigenvalue weighted by atomic mass is 10.0. The molecule has 0 aromatic rings. The highest BCUT2D eigenvalue weighted by Gasteiger charge is 2.27. The summed E-state index contributed by atoms with van der Waals surface area (Å²) in [6.45, 7) is 6.85. The number of nitrogens with one attached hydrogen (secondary N) is 1. The quantitative estimate of drug-likeness (QED) is 0.0212. The number of allylic oxidation sites excluding steroid dienone is 7. The van der Waals surface area contributed by atoms with Gasteiger partial charge in [0, 0.05) is 12.8 Å². The van der Waals surface area contributed by atoms with E-state index in [1.165, 1.54) is 218 Å². The van der Waals surface area contributed by atoms with Gasteiger partial charge in [0.25, 0.3) is 7.82 Å². The first-order valence-electron chi connectivity index (χ1n) is 33.4. The summed E-state index contributed by atoms with van der Waals surface area (Å²) < 4.78 is 30.4. The van der Waals surface area contributed by atoms with E-state index < -0.39 is 20.0 Å². The van der Waals surface area contributed by atoms with Crippen LogP contribution in [0.3, 0.4) is 0 Å². The van der Waals surface area contributed by atoms with Gasteiger partial charge in [-0.25, -0.2) is 0 Å². The van der Waals surface area contributed by atoms with E-state index in [0.717, 1.165) is 70.6 Å². The van der Waals surface area contributed by atoms with Crippen molar-refractivity contribution in [1.82, 2.24) is 5.32 Å². The Labute approximate surface area is 484 Å². The van der Waals surface area contributed by atoms with Crippen molar-refractivity contribution in [3.63, 3.8) is 0 Å². The van der Waals surface area contributed by atoms with Crippen molar-refractivity contribution >= 4 is 19.7 Å². The predicted molar refractivity (Wildman–Crippen MR) is 335 cm³/mol. The molecule has 78 heavy (non-hydrogen) atoms. The van der Waals surface area contributed by atoms with Gasteiger partial charge in [0.1, 0.15) is 19.3 Å². The van der Waals surface area contributed by atoms with E-state index in [0.29, 0.717) is 17.4 Å². The van der Waals surface area contributed by atoms with Gasteiger partial charge in [-0.2, -0.15) is 0 Å². The van der Waals surface area contributed by atoms with Gasteiger partial charge in [-0.1, -0.05) is 288 Å². The third-order valence-electron chi connectivity index (χ3n) is 15.0. The lowest BCUT2D eigenvalue weighted by Crippen LogP contribution is -2.47. The number of hydrogen-bond donors (Lipinski definition) is 1. The number of ether oxygens (including phenoxy) is 1. The minimum absolute atomic E-state index is 0.0213. The zero-order valence-corrected chi connectivity index (χ0v) is 53.3. The first-order chi connectivity index (χ1) is 37.9. The fourth-order valence-electron chi connectivity index (χ4n) is 9.83. The predicted octanol–water partition coefficient (Wildman–Crippen LogP) is 20.2. The van der Waals surface area contributed by atoms with E-state index in [4.69, 9.17) is 13.8 Å². The molecule has 0 aliphatic carbocycles. The van der Waals surface area contributed by atoms with Crippen molar-refractivity contribution < 1.29 is 37.3 Å². The Balaban J connectivity index is 5.13. The van der Waals surface area contributed by atoms with Crippen molar-refractivity contribution in [2.75, 3.05) is 40.9 Å². The van der Waals surface area contributed by atoms with Gasteiger partial charge in [0.2, 0.25) is 5.91 Å². The van der Waals surface area contributed by atoms with Crippen LogP contribution in [0.4, 0.5) is 0 Å². The Morgan fingerprint density at radius 1 is 0.449 bits per heavy atom. The number of phosphoric acid groups is 1. The summed E-state index contributed by atoms with van der Waals surface area (Å²) in [5.41, 5.74) is 0. The Kier molecular flexibility index (Phi) is 56.7. The van der Waals surface area contributed by atoms with E-state index in [9.17, 15) is 19.0 Å². The molecule has 0 bridgehead atoms. The van der Waals surface area contributed by atoms with Crippen LogP contribution in [-0.2, 0) is 27.9 Å². The van der Waals surface area contributed by atoms with Crippen molar-refractivity contribution in [2.45, 2.75) is 335 Å². The standard InChI is InChI=1S/C68H129N2O7P/c1-7-10-13-16-19-22-25-28-30-32-33-34-35-36-37-39-41-43-46-49-52-55-58-61-68(72)77-66(59-56-53-50-47-44-27-24-21-18-15-12-9-3)65(64-76-78(73,74)75-63-62-70(4,5)6)69-67(71)60-57-54-51-48-45-42-40-38-31-29-26-23-20-17-14-11-8-2/h19,22,28,30,33-34,56,59,65-66H,7-18,20-21,23-27,29,31-32,35-55,57-58,60-64H2,1-6H3,(H-,69,71,73,74)/b22-19-,30-28-,34-33-,59-56+. The third-order valence-corrected chi connectivity index (χ3v) is 16.0. The molecule has 1 N–H and O–H groups in total. The van der Waals surface area contributed by atoms with Gasteiger partial charge in [-0.3, -0.25) is 14.2 Å². The molecule has 0 fully saturated rings. The molecule has 0 aromatic heterocycles. The molecule has 0 saturated carbocycles. The number of phosphoric ester groups is 1. The number of carbonyl (C=O) groups excluding carboxylic acids is 2. The number of rotatable bonds is 61. The average molecular weight is 1120 g/mol. The third kappa shape index (κ3) is 58.6. The highest BCUT2D eigenvalue weighted by Crippen LogP contribution is 2.38. The molecule has 0 aliphatic heterocycles. The van der Waals surface area contributed by atoms with Crippen LogP contribution in [0.25, 0.3) is 0 Å². The largest absolute Gasteiger partial charge is 0.756 e. The van der Waals surface area contributed by atoms with Crippen LogP contribution in [0.2, 0.25) is 0 Å². The topological polar surface area (TPSA) is 114 Å². The van der Waals surface area contributed by atoms with Gasteiger partial charge < -0.3 is 28.5 Å². The fraction of sp³-hybridized carbons (Fsp3) is 0.853. The second-order valence-electron chi connectivity index (χ2n) is 24.0. The Morgan fingerprint density at radius 2 is 0.782 bits per heavy atom. The number of likely N-dealkylation sites (N-methyl/N-ethyl adjacent to an activating group) is 1. The number of quaternary nitrogens is 1. The van der Waals surface area contributed by atoms with E-state index in [2.05, 4.69) is 62.5 Å². The molecule has 3 unspecified atom stereocenters. The lowest BCUT2D eigenvalue weighted by Gasteiger charge is -2.30. The number of nitrogens with zero attached hydrogens (tertiary/aromatic N) is 1. The minimum Gasteiger partial charge on any atom is -0.756 e. The highest BCUT2D eigenvalue weighted by atomic mass is 31.2. The Bertz CT molecular complexity index is 1470. The second-order valence-corrected chi connectivity index (χ2v) is 25.4. The van der Waals surface area contributed by atoms with Crippen molar-refractivity contribution in [1.29, 1.82) is 0 Å². The molecule has 1 amide bonds. The average Bonchev–Trinajstić information content (AvgIpc) is 3.40. The summed E-state index contributed by atoms with van der Waals surface area (Å²) in [5.74, 6) is -0.531. The van der Waals surface area contributed by atoms with Crippen molar-refractivity contribution in [3.8, 4) is 0 Å². The molecule has 9 nitrogen and oxygen atoms in total. The molecule has 0 aromatic carbocycles. The van der Waals surface area contributed by atoms with E-state index in [1.807, 2.05) is 33.3 Å². The molecule has 3 atom stereocenters. The number of unbranched alkanes of at least 4 members (excludes halogenated alkanes) is 39. The van der Waals surface area contributed by atoms with Crippen LogP contribution in [0.15, 0.2) is 48.6 Å². The van der Waals surface area contributed by atoms with Crippen LogP contribution in [0, 0.1) is 0 Å². The van der Waals surface area contributed by atoms with E-state index in [-0.39, 0.29) is 31.5 Å². The van der Waals surface area contributed by atoms with Crippen LogP contribution < -0.4 is 10.2 Å². The molecule has 10 heteroatoms. The van der Waals surface area contributed by atoms with Crippen molar-refractivity contribution in [3.05, 3.63) is 48.6 Å².